The molecule has 0 saturated carbocycles. The van der Waals surface area contributed by atoms with Crippen LogP contribution in [0.15, 0.2) is 18.2 Å². The first-order valence-corrected chi connectivity index (χ1v) is 4.97. The van der Waals surface area contributed by atoms with Crippen LogP contribution in [0.5, 0.6) is 0 Å². The fourth-order valence-corrected chi connectivity index (χ4v) is 1.77. The molecule has 0 aliphatic carbocycles. The molecule has 0 atom stereocenters. The summed E-state index contributed by atoms with van der Waals surface area (Å²) in [7, 11) is 0. The number of hydrogen-bond acceptors (Lipinski definition) is 3. The van der Waals surface area contributed by atoms with Crippen molar-refractivity contribution in [1.82, 2.24) is 4.98 Å². The van der Waals surface area contributed by atoms with Crippen LogP contribution in [-0.4, -0.2) is 4.98 Å². The van der Waals surface area contributed by atoms with Gasteiger partial charge in [-0.25, -0.2) is 10.8 Å². The van der Waals surface area contributed by atoms with Gasteiger partial charge in [-0.2, -0.15) is 0 Å². The average molecular weight is 238 g/mol. The van der Waals surface area contributed by atoms with Crippen molar-refractivity contribution >= 4 is 29.1 Å². The highest BCUT2D eigenvalue weighted by atomic mass is 35.5. The van der Waals surface area contributed by atoms with Crippen LogP contribution in [0.4, 0.5) is 5.82 Å². The lowest BCUT2D eigenvalue weighted by Crippen LogP contribution is -2.09. The molecule has 2 aromatic rings. The first-order valence-electron chi connectivity index (χ1n) is 4.97. The molecule has 0 radical (unpaired) electrons. The van der Waals surface area contributed by atoms with Crippen LogP contribution in [0.1, 0.15) is 16.7 Å². The molecule has 0 bridgehead atoms. The van der Waals surface area contributed by atoms with E-state index in [2.05, 4.69) is 43.3 Å². The smallest absolute Gasteiger partial charge is 0.140 e. The maximum atomic E-state index is 5.39. The number of aryl methyl sites for hydroxylation is 3. The SMILES string of the molecule is Cc1ccc2c(C)cc(NN)nc2c1C.Cl. The molecule has 0 spiro atoms. The molecule has 16 heavy (non-hydrogen) atoms. The summed E-state index contributed by atoms with van der Waals surface area (Å²) in [6.45, 7) is 6.25. The minimum Gasteiger partial charge on any atom is -0.308 e. The van der Waals surface area contributed by atoms with Gasteiger partial charge in [-0.05, 0) is 43.5 Å². The average Bonchev–Trinajstić information content (AvgIpc) is 2.23. The molecule has 1 heterocycles. The van der Waals surface area contributed by atoms with Gasteiger partial charge in [0.25, 0.3) is 0 Å². The van der Waals surface area contributed by atoms with Crippen molar-refractivity contribution in [1.29, 1.82) is 0 Å². The number of nitrogen functional groups attached to an aromatic ring is 1. The maximum absolute atomic E-state index is 5.39. The second kappa shape index (κ2) is 4.68. The Balaban J connectivity index is 0.00000128. The topological polar surface area (TPSA) is 50.9 Å². The summed E-state index contributed by atoms with van der Waals surface area (Å²) in [5.74, 6) is 6.10. The molecule has 0 aliphatic rings. The Morgan fingerprint density at radius 2 is 1.81 bits per heavy atom. The van der Waals surface area contributed by atoms with Crippen LogP contribution in [-0.2, 0) is 0 Å². The Kier molecular flexibility index (Phi) is 3.73. The normalized spacial score (nSPS) is 10.0. The summed E-state index contributed by atoms with van der Waals surface area (Å²) in [6, 6.07) is 6.19. The Morgan fingerprint density at radius 1 is 1.12 bits per heavy atom. The molecule has 0 saturated heterocycles. The lowest BCUT2D eigenvalue weighted by molar-refractivity contribution is 1.23. The van der Waals surface area contributed by atoms with Crippen molar-refractivity contribution in [2.24, 2.45) is 5.84 Å². The number of nitrogens with two attached hydrogens (primary N) is 1. The van der Waals surface area contributed by atoms with Gasteiger partial charge in [0, 0.05) is 5.39 Å². The van der Waals surface area contributed by atoms with Crippen LogP contribution in [0.25, 0.3) is 10.9 Å². The summed E-state index contributed by atoms with van der Waals surface area (Å²) in [6.07, 6.45) is 0. The quantitative estimate of drug-likeness (QED) is 0.592. The molecule has 4 heteroatoms. The number of rotatable bonds is 1. The molecule has 0 fully saturated rings. The van der Waals surface area contributed by atoms with Gasteiger partial charge in [0.1, 0.15) is 5.82 Å². The fourth-order valence-electron chi connectivity index (χ4n) is 1.77. The summed E-state index contributed by atoms with van der Waals surface area (Å²) >= 11 is 0. The van der Waals surface area contributed by atoms with Gasteiger partial charge in [-0.1, -0.05) is 12.1 Å². The number of hydrazine groups is 1. The standard InChI is InChI=1S/C12H15N3.ClH/c1-7-4-5-10-8(2)6-11(15-13)14-12(10)9(7)3;/h4-6H,13H2,1-3H3,(H,14,15);1H. The zero-order valence-corrected chi connectivity index (χ0v) is 10.5. The second-order valence-corrected chi connectivity index (χ2v) is 3.87. The fraction of sp³-hybridized carbons (Fsp3) is 0.250. The molecule has 1 aromatic heterocycles. The predicted molar refractivity (Wildman–Crippen MR) is 71.0 cm³/mol. The molecule has 86 valence electrons. The van der Waals surface area contributed by atoms with Crippen molar-refractivity contribution in [3.05, 3.63) is 34.9 Å². The highest BCUT2D eigenvalue weighted by Gasteiger charge is 2.05. The monoisotopic (exact) mass is 237 g/mol. The van der Waals surface area contributed by atoms with Crippen LogP contribution < -0.4 is 11.3 Å². The molecule has 0 amide bonds. The number of nitrogens with zero attached hydrogens (tertiary/aromatic N) is 1. The summed E-state index contributed by atoms with van der Waals surface area (Å²) < 4.78 is 0. The highest BCUT2D eigenvalue weighted by Crippen LogP contribution is 2.24. The van der Waals surface area contributed by atoms with Crippen LogP contribution in [0, 0.1) is 20.8 Å². The van der Waals surface area contributed by atoms with Gasteiger partial charge in [0.15, 0.2) is 0 Å². The van der Waals surface area contributed by atoms with Crippen molar-refractivity contribution in [3.63, 3.8) is 0 Å². The molecule has 1 aromatic carbocycles. The number of benzene rings is 1. The minimum absolute atomic E-state index is 0. The van der Waals surface area contributed by atoms with Crippen LogP contribution in [0.2, 0.25) is 0 Å². The first kappa shape index (κ1) is 12.7. The molecule has 3 N–H and O–H groups in total. The Bertz CT molecular complexity index is 523. The van der Waals surface area contributed by atoms with Gasteiger partial charge in [-0.3, -0.25) is 0 Å². The molecular weight excluding hydrogens is 222 g/mol. The minimum atomic E-state index is 0. The van der Waals surface area contributed by atoms with Crippen molar-refractivity contribution in [2.45, 2.75) is 20.8 Å². The largest absolute Gasteiger partial charge is 0.308 e. The van der Waals surface area contributed by atoms with Gasteiger partial charge in [0.2, 0.25) is 0 Å². The summed E-state index contributed by atoms with van der Waals surface area (Å²) in [5.41, 5.74) is 7.29. The number of halogens is 1. The molecule has 0 unspecified atom stereocenters. The van der Waals surface area contributed by atoms with Crippen molar-refractivity contribution in [3.8, 4) is 0 Å². The molecular formula is C12H16ClN3. The summed E-state index contributed by atoms with van der Waals surface area (Å²) in [4.78, 5) is 4.48. The van der Waals surface area contributed by atoms with Crippen LogP contribution in [0.3, 0.4) is 0 Å². The van der Waals surface area contributed by atoms with Crippen molar-refractivity contribution < 1.29 is 0 Å². The van der Waals surface area contributed by atoms with E-state index in [1.807, 2.05) is 6.07 Å². The number of aromatic nitrogens is 1. The zero-order valence-electron chi connectivity index (χ0n) is 9.66. The van der Waals surface area contributed by atoms with E-state index in [9.17, 15) is 0 Å². The van der Waals surface area contributed by atoms with E-state index in [1.54, 1.807) is 0 Å². The maximum Gasteiger partial charge on any atom is 0.140 e. The van der Waals surface area contributed by atoms with E-state index in [0.717, 1.165) is 5.52 Å². The van der Waals surface area contributed by atoms with Gasteiger partial charge in [-0.15, -0.1) is 12.4 Å². The number of hydrogen-bond donors (Lipinski definition) is 2. The third kappa shape index (κ3) is 1.96. The second-order valence-electron chi connectivity index (χ2n) is 3.87. The third-order valence-electron chi connectivity index (χ3n) is 2.86. The number of nitrogens with one attached hydrogen (secondary N) is 1. The summed E-state index contributed by atoms with van der Waals surface area (Å²) in [5, 5.41) is 1.19. The van der Waals surface area contributed by atoms with E-state index < -0.39 is 0 Å². The van der Waals surface area contributed by atoms with Gasteiger partial charge < -0.3 is 5.43 Å². The van der Waals surface area contributed by atoms with E-state index >= 15 is 0 Å². The lowest BCUT2D eigenvalue weighted by atomic mass is 10.0. The zero-order chi connectivity index (χ0) is 11.0. The van der Waals surface area contributed by atoms with E-state index in [-0.39, 0.29) is 12.4 Å². The first-order chi connectivity index (χ1) is 7.13. The number of pyridine rings is 1. The van der Waals surface area contributed by atoms with E-state index in [0.29, 0.717) is 5.82 Å². The van der Waals surface area contributed by atoms with E-state index in [4.69, 9.17) is 5.84 Å². The Labute approximate surface area is 101 Å². The van der Waals surface area contributed by atoms with Crippen LogP contribution >= 0.6 is 12.4 Å². The van der Waals surface area contributed by atoms with Crippen molar-refractivity contribution in [2.75, 3.05) is 5.43 Å². The Hall–Kier alpha value is -1.32. The molecule has 0 aliphatic heterocycles. The third-order valence-corrected chi connectivity index (χ3v) is 2.86. The molecule has 2 rings (SSSR count). The predicted octanol–water partition coefficient (Wildman–Crippen LogP) is 2.87. The lowest BCUT2D eigenvalue weighted by Gasteiger charge is -2.09. The van der Waals surface area contributed by atoms with Gasteiger partial charge >= 0.3 is 0 Å². The van der Waals surface area contributed by atoms with E-state index in [1.165, 1.54) is 22.1 Å². The number of anilines is 1. The Morgan fingerprint density at radius 3 is 2.44 bits per heavy atom. The number of fused-ring (bicyclic) bond motifs is 1. The van der Waals surface area contributed by atoms with Gasteiger partial charge in [0.05, 0.1) is 5.52 Å². The molecule has 3 nitrogen and oxygen atoms in total. The highest BCUT2D eigenvalue weighted by molar-refractivity contribution is 5.87.